The first kappa shape index (κ1) is 17.3. The Kier molecular flexibility index (Phi) is 4.98. The van der Waals surface area contributed by atoms with Gasteiger partial charge in [-0.15, -0.1) is 10.2 Å². The van der Waals surface area contributed by atoms with E-state index >= 15 is 0 Å². The molecule has 1 aliphatic rings. The standard InChI is InChI=1S/C17H21N5O2S/c1-17(2,3)24-16(23)18-10-9-14-19-20-15-22(14)21-13(11-25-15)12-7-5-4-6-8-12/h4-8,11,21H,9-10H2,1-3H3,(H,18,23). The fourth-order valence-electron chi connectivity index (χ4n) is 2.25. The first-order valence-electron chi connectivity index (χ1n) is 8.03. The minimum absolute atomic E-state index is 0.420. The molecule has 3 rings (SSSR count). The molecule has 8 heteroatoms. The Morgan fingerprint density at radius 2 is 2.04 bits per heavy atom. The Morgan fingerprint density at radius 3 is 2.76 bits per heavy atom. The number of thioether (sulfide) groups is 1. The number of benzene rings is 1. The molecule has 2 aromatic rings. The third-order valence-corrected chi connectivity index (χ3v) is 4.15. The van der Waals surface area contributed by atoms with Gasteiger partial charge in [0.25, 0.3) is 0 Å². The molecular weight excluding hydrogens is 338 g/mol. The van der Waals surface area contributed by atoms with Crippen LogP contribution in [-0.4, -0.2) is 33.1 Å². The molecule has 2 heterocycles. The SMILES string of the molecule is CC(C)(C)OC(=O)NCCc1nnc2n1NC(c1ccccc1)=CS2. The normalized spacial score (nSPS) is 13.5. The van der Waals surface area contributed by atoms with Gasteiger partial charge in [-0.1, -0.05) is 42.1 Å². The number of hydrogen-bond donors (Lipinski definition) is 2. The number of alkyl carbamates (subject to hydrolysis) is 1. The molecule has 0 unspecified atom stereocenters. The summed E-state index contributed by atoms with van der Waals surface area (Å²) in [5, 5.41) is 13.9. The van der Waals surface area contributed by atoms with Crippen LogP contribution < -0.4 is 10.7 Å². The minimum Gasteiger partial charge on any atom is -0.444 e. The number of ether oxygens (including phenoxy) is 1. The molecule has 0 aliphatic carbocycles. The number of nitrogens with one attached hydrogen (secondary N) is 2. The van der Waals surface area contributed by atoms with Crippen molar-refractivity contribution in [2.75, 3.05) is 12.0 Å². The summed E-state index contributed by atoms with van der Waals surface area (Å²) < 4.78 is 7.07. The number of fused-ring (bicyclic) bond motifs is 1. The molecular formula is C17H21N5O2S. The maximum atomic E-state index is 11.7. The van der Waals surface area contributed by atoms with Gasteiger partial charge >= 0.3 is 6.09 Å². The second-order valence-corrected chi connectivity index (χ2v) is 7.38. The second-order valence-electron chi connectivity index (χ2n) is 6.54. The van der Waals surface area contributed by atoms with Gasteiger partial charge in [0.1, 0.15) is 5.60 Å². The average Bonchev–Trinajstić information content (AvgIpc) is 2.96. The number of nitrogens with zero attached hydrogens (tertiary/aromatic N) is 3. The van der Waals surface area contributed by atoms with Crippen molar-refractivity contribution in [2.45, 2.75) is 37.9 Å². The van der Waals surface area contributed by atoms with E-state index in [4.69, 9.17) is 4.74 Å². The molecule has 7 nitrogen and oxygen atoms in total. The molecule has 2 N–H and O–H groups in total. The van der Waals surface area contributed by atoms with Crippen LogP contribution in [0.4, 0.5) is 4.79 Å². The topological polar surface area (TPSA) is 81.1 Å². The van der Waals surface area contributed by atoms with Crippen LogP contribution in [-0.2, 0) is 11.2 Å². The van der Waals surface area contributed by atoms with Gasteiger partial charge in [0.05, 0.1) is 5.70 Å². The molecule has 0 spiro atoms. The Hall–Kier alpha value is -2.48. The van der Waals surface area contributed by atoms with Crippen LogP contribution in [0.5, 0.6) is 0 Å². The Labute approximate surface area is 150 Å². The molecule has 25 heavy (non-hydrogen) atoms. The lowest BCUT2D eigenvalue weighted by Gasteiger charge is -2.20. The van der Waals surface area contributed by atoms with Gasteiger partial charge in [-0.25, -0.2) is 9.47 Å². The molecule has 1 amide bonds. The summed E-state index contributed by atoms with van der Waals surface area (Å²) >= 11 is 1.51. The first-order valence-corrected chi connectivity index (χ1v) is 8.91. The lowest BCUT2D eigenvalue weighted by molar-refractivity contribution is 0.0528. The molecule has 0 radical (unpaired) electrons. The molecule has 0 atom stereocenters. The van der Waals surface area contributed by atoms with Gasteiger partial charge < -0.3 is 10.1 Å². The van der Waals surface area contributed by atoms with Crippen molar-refractivity contribution < 1.29 is 9.53 Å². The van der Waals surface area contributed by atoms with Crippen molar-refractivity contribution in [2.24, 2.45) is 0 Å². The molecule has 1 aliphatic heterocycles. The fourth-order valence-corrected chi connectivity index (χ4v) is 3.01. The molecule has 1 aromatic heterocycles. The summed E-state index contributed by atoms with van der Waals surface area (Å²) in [5.74, 6) is 0.750. The van der Waals surface area contributed by atoms with E-state index in [1.165, 1.54) is 11.8 Å². The highest BCUT2D eigenvalue weighted by Gasteiger charge is 2.19. The highest BCUT2D eigenvalue weighted by atomic mass is 32.2. The molecule has 0 fully saturated rings. The van der Waals surface area contributed by atoms with Crippen LogP contribution in [0.2, 0.25) is 0 Å². The molecule has 132 valence electrons. The Bertz CT molecular complexity index is 780. The molecule has 0 bridgehead atoms. The van der Waals surface area contributed by atoms with Crippen molar-refractivity contribution in [1.29, 1.82) is 0 Å². The van der Waals surface area contributed by atoms with Crippen molar-refractivity contribution in [3.8, 4) is 0 Å². The van der Waals surface area contributed by atoms with Gasteiger partial charge in [-0.05, 0) is 26.3 Å². The summed E-state index contributed by atoms with van der Waals surface area (Å²) in [6.07, 6.45) is 0.111. The number of amides is 1. The Morgan fingerprint density at radius 1 is 1.28 bits per heavy atom. The van der Waals surface area contributed by atoms with Gasteiger partial charge in [-0.3, -0.25) is 5.43 Å². The third-order valence-electron chi connectivity index (χ3n) is 3.32. The zero-order chi connectivity index (χ0) is 17.9. The van der Waals surface area contributed by atoms with Gasteiger partial charge in [0.15, 0.2) is 5.82 Å². The first-order chi connectivity index (χ1) is 11.9. The largest absolute Gasteiger partial charge is 0.444 e. The highest BCUT2D eigenvalue weighted by Crippen LogP contribution is 2.28. The van der Waals surface area contributed by atoms with Crippen LogP contribution >= 0.6 is 11.8 Å². The van der Waals surface area contributed by atoms with Crippen LogP contribution in [0.3, 0.4) is 0 Å². The van der Waals surface area contributed by atoms with Crippen LogP contribution in [0, 0.1) is 0 Å². The fraction of sp³-hybridized carbons (Fsp3) is 0.353. The monoisotopic (exact) mass is 359 g/mol. The van der Waals surface area contributed by atoms with Gasteiger partial charge in [0.2, 0.25) is 5.16 Å². The molecule has 0 saturated heterocycles. The van der Waals surface area contributed by atoms with E-state index < -0.39 is 11.7 Å². The second kappa shape index (κ2) is 7.18. The van der Waals surface area contributed by atoms with E-state index in [0.717, 1.165) is 22.2 Å². The Balaban J connectivity index is 1.60. The van der Waals surface area contributed by atoms with Crippen molar-refractivity contribution in [1.82, 2.24) is 20.2 Å². The van der Waals surface area contributed by atoms with E-state index in [2.05, 4.69) is 20.9 Å². The summed E-state index contributed by atoms with van der Waals surface area (Å²) in [6.45, 7) is 5.92. The predicted octanol–water partition coefficient (Wildman–Crippen LogP) is 2.99. The maximum absolute atomic E-state index is 11.7. The summed E-state index contributed by atoms with van der Waals surface area (Å²) in [6, 6.07) is 10.1. The van der Waals surface area contributed by atoms with Crippen LogP contribution in [0.1, 0.15) is 32.2 Å². The quantitative estimate of drug-likeness (QED) is 0.873. The number of carbonyl (C=O) groups is 1. The number of hydrogen-bond acceptors (Lipinski definition) is 6. The number of carbonyl (C=O) groups excluding carboxylic acids is 1. The summed E-state index contributed by atoms with van der Waals surface area (Å²) in [7, 11) is 0. The van der Waals surface area contributed by atoms with E-state index in [0.29, 0.717) is 13.0 Å². The van der Waals surface area contributed by atoms with E-state index in [1.807, 2.05) is 61.2 Å². The van der Waals surface area contributed by atoms with Gasteiger partial charge in [0, 0.05) is 18.4 Å². The third kappa shape index (κ3) is 4.54. The lowest BCUT2D eigenvalue weighted by atomic mass is 10.2. The summed E-state index contributed by atoms with van der Waals surface area (Å²) in [4.78, 5) is 11.7. The lowest BCUT2D eigenvalue weighted by Crippen LogP contribution is -2.34. The smallest absolute Gasteiger partial charge is 0.407 e. The van der Waals surface area contributed by atoms with Crippen molar-refractivity contribution in [3.63, 3.8) is 0 Å². The van der Waals surface area contributed by atoms with Crippen molar-refractivity contribution in [3.05, 3.63) is 47.1 Å². The van der Waals surface area contributed by atoms with E-state index in [1.54, 1.807) is 0 Å². The van der Waals surface area contributed by atoms with E-state index in [-0.39, 0.29) is 0 Å². The number of aromatic nitrogens is 3. The van der Waals surface area contributed by atoms with Crippen LogP contribution in [0.15, 0.2) is 40.9 Å². The summed E-state index contributed by atoms with van der Waals surface area (Å²) in [5.41, 5.74) is 4.89. The van der Waals surface area contributed by atoms with Crippen molar-refractivity contribution >= 4 is 23.6 Å². The number of rotatable bonds is 4. The van der Waals surface area contributed by atoms with E-state index in [9.17, 15) is 4.79 Å². The van der Waals surface area contributed by atoms with Crippen LogP contribution in [0.25, 0.3) is 5.70 Å². The average molecular weight is 359 g/mol. The van der Waals surface area contributed by atoms with Gasteiger partial charge in [-0.2, -0.15) is 0 Å². The zero-order valence-electron chi connectivity index (χ0n) is 14.4. The maximum Gasteiger partial charge on any atom is 0.407 e. The zero-order valence-corrected chi connectivity index (χ0v) is 15.3. The predicted molar refractivity (Wildman–Crippen MR) is 97.6 cm³/mol. The molecule has 1 aromatic carbocycles. The highest BCUT2D eigenvalue weighted by molar-refractivity contribution is 8.02. The molecule has 0 saturated carbocycles. The minimum atomic E-state index is -0.508.